The molecule has 4 nitrogen and oxygen atoms in total. The second-order valence-corrected chi connectivity index (χ2v) is 3.39. The van der Waals surface area contributed by atoms with Crippen molar-refractivity contribution in [3.63, 3.8) is 0 Å². The third kappa shape index (κ3) is 5.82. The highest BCUT2D eigenvalue weighted by molar-refractivity contribution is 5.91. The fraction of sp³-hybridized carbons (Fsp3) is 0.364. The highest BCUT2D eigenvalue weighted by Gasteiger charge is 2.05. The molecule has 3 N–H and O–H groups in total. The van der Waals surface area contributed by atoms with E-state index in [4.69, 9.17) is 5.73 Å². The number of nitrogen functional groups attached to an aromatic ring is 1. The van der Waals surface area contributed by atoms with E-state index in [-0.39, 0.29) is 18.9 Å². The molecule has 1 aromatic rings. The molecule has 1 amide bonds. The van der Waals surface area contributed by atoms with Crippen molar-refractivity contribution in [1.82, 2.24) is 0 Å². The normalized spacial score (nSPS) is 10.5. The van der Waals surface area contributed by atoms with Gasteiger partial charge in [0, 0.05) is 11.4 Å². The van der Waals surface area contributed by atoms with E-state index >= 15 is 0 Å². The zero-order valence-electron chi connectivity index (χ0n) is 9.16. The number of ether oxygens (including phenoxy) is 1. The van der Waals surface area contributed by atoms with Crippen LogP contribution >= 0.6 is 0 Å². The van der Waals surface area contributed by atoms with Gasteiger partial charge in [0.1, 0.15) is 6.61 Å². The van der Waals surface area contributed by atoms with Gasteiger partial charge in [-0.15, -0.1) is 0 Å². The predicted molar refractivity (Wildman–Crippen MR) is 60.9 cm³/mol. The van der Waals surface area contributed by atoms with Crippen LogP contribution in [0.5, 0.6) is 0 Å². The van der Waals surface area contributed by atoms with Crippen molar-refractivity contribution in [3.05, 3.63) is 24.3 Å². The number of alkyl halides is 2. The first-order valence-corrected chi connectivity index (χ1v) is 5.09. The lowest BCUT2D eigenvalue weighted by molar-refractivity contribution is -0.117. The smallest absolute Gasteiger partial charge is 0.261 e. The Balaban J connectivity index is 2.25. The fourth-order valence-corrected chi connectivity index (χ4v) is 1.18. The Kier molecular flexibility index (Phi) is 5.35. The van der Waals surface area contributed by atoms with Gasteiger partial charge in [0.25, 0.3) is 6.43 Å². The minimum absolute atomic E-state index is 0.0293. The first kappa shape index (κ1) is 13.4. The number of halogens is 2. The molecule has 1 rings (SSSR count). The molecule has 6 heteroatoms. The van der Waals surface area contributed by atoms with E-state index in [1.54, 1.807) is 24.3 Å². The average molecular weight is 244 g/mol. The summed E-state index contributed by atoms with van der Waals surface area (Å²) < 4.78 is 28.0. The fourth-order valence-electron chi connectivity index (χ4n) is 1.18. The number of carbonyl (C=O) groups is 1. The van der Waals surface area contributed by atoms with Crippen LogP contribution in [0.1, 0.15) is 6.42 Å². The molecule has 94 valence electrons. The molecule has 0 atom stereocenters. The highest BCUT2D eigenvalue weighted by Crippen LogP contribution is 2.11. The van der Waals surface area contributed by atoms with Crippen LogP contribution in [-0.4, -0.2) is 25.5 Å². The number of nitrogens with one attached hydrogen (secondary N) is 1. The molecule has 0 aromatic heterocycles. The van der Waals surface area contributed by atoms with Crippen LogP contribution in [0.25, 0.3) is 0 Å². The topological polar surface area (TPSA) is 64.3 Å². The molecule has 0 fully saturated rings. The van der Waals surface area contributed by atoms with Crippen molar-refractivity contribution < 1.29 is 18.3 Å². The van der Waals surface area contributed by atoms with Gasteiger partial charge >= 0.3 is 0 Å². The molecule has 0 radical (unpaired) electrons. The first-order chi connectivity index (χ1) is 8.08. The summed E-state index contributed by atoms with van der Waals surface area (Å²) in [5.74, 6) is -0.301. The van der Waals surface area contributed by atoms with E-state index in [2.05, 4.69) is 10.1 Å². The summed E-state index contributed by atoms with van der Waals surface area (Å²) in [5.41, 5.74) is 6.64. The van der Waals surface area contributed by atoms with E-state index in [0.29, 0.717) is 11.4 Å². The van der Waals surface area contributed by atoms with Gasteiger partial charge in [0.2, 0.25) is 5.91 Å². The molecule has 0 unspecified atom stereocenters. The maximum Gasteiger partial charge on any atom is 0.261 e. The Bertz CT molecular complexity index is 372. The van der Waals surface area contributed by atoms with Gasteiger partial charge < -0.3 is 15.8 Å². The largest absolute Gasteiger partial charge is 0.399 e. The van der Waals surface area contributed by atoms with Crippen molar-refractivity contribution in [2.24, 2.45) is 0 Å². The number of amides is 1. The molecular formula is C11H14F2N2O2. The number of hydrogen-bond donors (Lipinski definition) is 2. The molecule has 17 heavy (non-hydrogen) atoms. The molecule has 0 saturated heterocycles. The van der Waals surface area contributed by atoms with Crippen LogP contribution in [0.3, 0.4) is 0 Å². The van der Waals surface area contributed by atoms with Crippen LogP contribution in [0, 0.1) is 0 Å². The van der Waals surface area contributed by atoms with Gasteiger partial charge in [-0.25, -0.2) is 8.78 Å². The van der Waals surface area contributed by atoms with Crippen LogP contribution in [0.2, 0.25) is 0 Å². The molecule has 0 aliphatic heterocycles. The van der Waals surface area contributed by atoms with Gasteiger partial charge in [-0.05, 0) is 18.2 Å². The lowest BCUT2D eigenvalue weighted by atomic mass is 10.3. The number of carbonyl (C=O) groups excluding carboxylic acids is 1. The summed E-state index contributed by atoms with van der Waals surface area (Å²) in [6.45, 7) is -0.677. The van der Waals surface area contributed by atoms with E-state index in [1.165, 1.54) is 0 Å². The standard InChI is InChI=1S/C11H14F2N2O2/c12-10(13)7-17-5-4-11(16)15-9-3-1-2-8(14)6-9/h1-3,6,10H,4-5,7,14H2,(H,15,16). The second kappa shape index (κ2) is 6.80. The number of hydrogen-bond acceptors (Lipinski definition) is 3. The predicted octanol–water partition coefficient (Wildman–Crippen LogP) is 1.88. The highest BCUT2D eigenvalue weighted by atomic mass is 19.3. The van der Waals surface area contributed by atoms with Crippen LogP contribution in [-0.2, 0) is 9.53 Å². The Labute approximate surface area is 97.8 Å². The maximum atomic E-state index is 11.7. The third-order valence-electron chi connectivity index (χ3n) is 1.89. The van der Waals surface area contributed by atoms with Crippen molar-refractivity contribution in [2.45, 2.75) is 12.8 Å². The molecule has 0 saturated carbocycles. The van der Waals surface area contributed by atoms with Crippen molar-refractivity contribution in [3.8, 4) is 0 Å². The van der Waals surface area contributed by atoms with Crippen LogP contribution < -0.4 is 11.1 Å². The first-order valence-electron chi connectivity index (χ1n) is 5.09. The summed E-state index contributed by atoms with van der Waals surface area (Å²) in [6, 6.07) is 6.70. The Morgan fingerprint density at radius 2 is 2.24 bits per heavy atom. The Morgan fingerprint density at radius 3 is 2.88 bits per heavy atom. The summed E-state index contributed by atoms with van der Waals surface area (Å²) in [7, 11) is 0. The number of anilines is 2. The summed E-state index contributed by atoms with van der Waals surface area (Å²) >= 11 is 0. The molecule has 0 aliphatic rings. The lowest BCUT2D eigenvalue weighted by Gasteiger charge is -2.06. The Morgan fingerprint density at radius 1 is 1.47 bits per heavy atom. The average Bonchev–Trinajstić information content (AvgIpc) is 2.24. The molecule has 0 spiro atoms. The molecule has 0 heterocycles. The van der Waals surface area contributed by atoms with E-state index < -0.39 is 13.0 Å². The van der Waals surface area contributed by atoms with Crippen LogP contribution in [0.15, 0.2) is 24.3 Å². The summed E-state index contributed by atoms with van der Waals surface area (Å²) in [4.78, 5) is 11.3. The van der Waals surface area contributed by atoms with E-state index in [1.807, 2.05) is 0 Å². The SMILES string of the molecule is Nc1cccc(NC(=O)CCOCC(F)F)c1. The zero-order chi connectivity index (χ0) is 12.7. The lowest BCUT2D eigenvalue weighted by Crippen LogP contribution is -2.15. The third-order valence-corrected chi connectivity index (χ3v) is 1.89. The number of benzene rings is 1. The number of nitrogens with two attached hydrogens (primary N) is 1. The van der Waals surface area contributed by atoms with Gasteiger partial charge in [-0.3, -0.25) is 4.79 Å². The van der Waals surface area contributed by atoms with E-state index in [9.17, 15) is 13.6 Å². The quantitative estimate of drug-likeness (QED) is 0.593. The van der Waals surface area contributed by atoms with Gasteiger partial charge in [0.15, 0.2) is 0 Å². The van der Waals surface area contributed by atoms with Gasteiger partial charge in [-0.1, -0.05) is 6.07 Å². The molecule has 0 bridgehead atoms. The monoisotopic (exact) mass is 244 g/mol. The Hall–Kier alpha value is -1.69. The van der Waals surface area contributed by atoms with Crippen LogP contribution in [0.4, 0.5) is 20.2 Å². The molecule has 1 aromatic carbocycles. The van der Waals surface area contributed by atoms with E-state index in [0.717, 1.165) is 0 Å². The van der Waals surface area contributed by atoms with Crippen molar-refractivity contribution in [1.29, 1.82) is 0 Å². The molecular weight excluding hydrogens is 230 g/mol. The number of rotatable bonds is 6. The zero-order valence-corrected chi connectivity index (χ0v) is 9.16. The van der Waals surface area contributed by atoms with Crippen molar-refractivity contribution in [2.75, 3.05) is 24.3 Å². The minimum atomic E-state index is -2.51. The summed E-state index contributed by atoms with van der Waals surface area (Å²) in [6.07, 6.45) is -2.48. The van der Waals surface area contributed by atoms with Crippen molar-refractivity contribution >= 4 is 17.3 Å². The molecule has 0 aliphatic carbocycles. The second-order valence-electron chi connectivity index (χ2n) is 3.39. The van der Waals surface area contributed by atoms with Gasteiger partial charge in [-0.2, -0.15) is 0 Å². The minimum Gasteiger partial charge on any atom is -0.399 e. The maximum absolute atomic E-state index is 11.7. The van der Waals surface area contributed by atoms with Gasteiger partial charge in [0.05, 0.1) is 13.0 Å². The summed E-state index contributed by atoms with van der Waals surface area (Å²) in [5, 5.41) is 2.58.